The largest absolute Gasteiger partial charge is 0.389 e. The molecular formula is C14H20N2O2S2. The van der Waals surface area contributed by atoms with E-state index in [1.807, 2.05) is 13.8 Å². The van der Waals surface area contributed by atoms with E-state index in [9.17, 15) is 8.42 Å². The van der Waals surface area contributed by atoms with Crippen molar-refractivity contribution in [3.63, 3.8) is 0 Å². The number of hydrogen-bond donors (Lipinski definition) is 1. The number of nitrogens with zero attached hydrogens (tertiary/aromatic N) is 1. The van der Waals surface area contributed by atoms with E-state index in [-0.39, 0.29) is 6.04 Å². The summed E-state index contributed by atoms with van der Waals surface area (Å²) in [4.78, 5) is 0.620. The maximum absolute atomic E-state index is 12.7. The lowest BCUT2D eigenvalue weighted by molar-refractivity contribution is 0.379. The van der Waals surface area contributed by atoms with Gasteiger partial charge < -0.3 is 5.73 Å². The smallest absolute Gasteiger partial charge is 0.243 e. The van der Waals surface area contributed by atoms with Gasteiger partial charge in [-0.1, -0.05) is 25.2 Å². The minimum atomic E-state index is -3.42. The summed E-state index contributed by atoms with van der Waals surface area (Å²) < 4.78 is 27.0. The first-order valence-electron chi connectivity index (χ1n) is 6.80. The molecule has 0 bridgehead atoms. The van der Waals surface area contributed by atoms with E-state index in [2.05, 4.69) is 0 Å². The number of hydrogen-bond acceptors (Lipinski definition) is 3. The van der Waals surface area contributed by atoms with E-state index in [0.29, 0.717) is 16.4 Å². The summed E-state index contributed by atoms with van der Waals surface area (Å²) >= 11 is 4.95. The Balaban J connectivity index is 2.40. The van der Waals surface area contributed by atoms with Crippen molar-refractivity contribution in [3.8, 4) is 0 Å². The monoisotopic (exact) mass is 312 g/mol. The Morgan fingerprint density at radius 1 is 1.50 bits per heavy atom. The van der Waals surface area contributed by atoms with Gasteiger partial charge in [-0.25, -0.2) is 8.42 Å². The molecule has 0 amide bonds. The molecule has 20 heavy (non-hydrogen) atoms. The molecule has 1 aromatic rings. The van der Waals surface area contributed by atoms with Crippen molar-refractivity contribution in [1.82, 2.24) is 4.31 Å². The van der Waals surface area contributed by atoms with Crippen LogP contribution in [0.15, 0.2) is 23.1 Å². The molecule has 0 aliphatic carbocycles. The fourth-order valence-electron chi connectivity index (χ4n) is 2.74. The highest BCUT2D eigenvalue weighted by atomic mass is 32.2. The molecule has 0 spiro atoms. The lowest BCUT2D eigenvalue weighted by atomic mass is 10.1. The van der Waals surface area contributed by atoms with Gasteiger partial charge in [0.05, 0.1) is 4.90 Å². The van der Waals surface area contributed by atoms with Crippen LogP contribution in [0.4, 0.5) is 0 Å². The fourth-order valence-corrected chi connectivity index (χ4v) is 4.82. The van der Waals surface area contributed by atoms with E-state index < -0.39 is 10.0 Å². The van der Waals surface area contributed by atoms with E-state index in [0.717, 1.165) is 30.4 Å². The van der Waals surface area contributed by atoms with Gasteiger partial charge >= 0.3 is 0 Å². The number of sulfonamides is 1. The molecule has 1 unspecified atom stereocenters. The quantitative estimate of drug-likeness (QED) is 0.866. The Morgan fingerprint density at radius 3 is 2.75 bits per heavy atom. The van der Waals surface area contributed by atoms with Crippen LogP contribution in [-0.2, 0) is 10.0 Å². The van der Waals surface area contributed by atoms with Gasteiger partial charge in [-0.05, 0) is 43.9 Å². The summed E-state index contributed by atoms with van der Waals surface area (Å²) in [5.41, 5.74) is 7.14. The molecule has 1 atom stereocenters. The van der Waals surface area contributed by atoms with Crippen molar-refractivity contribution in [2.24, 2.45) is 5.73 Å². The maximum Gasteiger partial charge on any atom is 0.243 e. The first kappa shape index (κ1) is 15.4. The van der Waals surface area contributed by atoms with Gasteiger partial charge in [-0.3, -0.25) is 0 Å². The first-order valence-corrected chi connectivity index (χ1v) is 8.65. The highest BCUT2D eigenvalue weighted by Crippen LogP contribution is 2.28. The average molecular weight is 312 g/mol. The number of rotatable bonds is 4. The summed E-state index contributed by atoms with van der Waals surface area (Å²) in [6.45, 7) is 4.46. The molecule has 1 aromatic carbocycles. The van der Waals surface area contributed by atoms with Gasteiger partial charge in [-0.15, -0.1) is 0 Å². The van der Waals surface area contributed by atoms with Gasteiger partial charge in [0.2, 0.25) is 10.0 Å². The predicted molar refractivity (Wildman–Crippen MR) is 84.3 cm³/mol. The minimum Gasteiger partial charge on any atom is -0.389 e. The number of aryl methyl sites for hydroxylation is 1. The Kier molecular flexibility index (Phi) is 4.46. The molecule has 1 saturated heterocycles. The predicted octanol–water partition coefficient (Wildman–Crippen LogP) is 2.19. The van der Waals surface area contributed by atoms with E-state index >= 15 is 0 Å². The van der Waals surface area contributed by atoms with Crippen molar-refractivity contribution in [1.29, 1.82) is 0 Å². The summed E-state index contributed by atoms with van der Waals surface area (Å²) in [6.07, 6.45) is 2.73. The molecule has 1 fully saturated rings. The van der Waals surface area contributed by atoms with Crippen LogP contribution in [0.5, 0.6) is 0 Å². The third kappa shape index (κ3) is 2.73. The molecule has 110 valence electrons. The van der Waals surface area contributed by atoms with Gasteiger partial charge in [0.1, 0.15) is 4.99 Å². The first-order chi connectivity index (χ1) is 9.37. The summed E-state index contributed by atoms with van der Waals surface area (Å²) in [6, 6.07) is 5.08. The molecule has 0 saturated carbocycles. The topological polar surface area (TPSA) is 63.4 Å². The zero-order valence-electron chi connectivity index (χ0n) is 11.8. The van der Waals surface area contributed by atoms with E-state index in [1.165, 1.54) is 0 Å². The third-order valence-corrected chi connectivity index (χ3v) is 6.03. The SMILES string of the molecule is CCC1CCCN1S(=O)(=O)c1ccc(C(N)=S)c(C)c1. The van der Waals surface area contributed by atoms with E-state index in [4.69, 9.17) is 18.0 Å². The van der Waals surface area contributed by atoms with Crippen LogP contribution in [0.2, 0.25) is 0 Å². The second kappa shape index (κ2) is 5.79. The summed E-state index contributed by atoms with van der Waals surface area (Å²) in [5.74, 6) is 0. The molecular weight excluding hydrogens is 292 g/mol. The molecule has 0 radical (unpaired) electrons. The number of nitrogens with two attached hydrogens (primary N) is 1. The Morgan fingerprint density at radius 2 is 2.20 bits per heavy atom. The molecule has 2 rings (SSSR count). The van der Waals surface area contributed by atoms with Crippen molar-refractivity contribution in [2.75, 3.05) is 6.54 Å². The van der Waals surface area contributed by atoms with Crippen LogP contribution in [0, 0.1) is 6.92 Å². The Labute approximate surface area is 126 Å². The van der Waals surface area contributed by atoms with Gasteiger partial charge in [-0.2, -0.15) is 4.31 Å². The zero-order valence-corrected chi connectivity index (χ0v) is 13.4. The maximum atomic E-state index is 12.7. The zero-order chi connectivity index (χ0) is 14.9. The van der Waals surface area contributed by atoms with E-state index in [1.54, 1.807) is 22.5 Å². The highest BCUT2D eigenvalue weighted by molar-refractivity contribution is 7.89. The molecule has 6 heteroatoms. The molecule has 4 nitrogen and oxygen atoms in total. The van der Waals surface area contributed by atoms with Crippen LogP contribution in [0.1, 0.15) is 37.3 Å². The van der Waals surface area contributed by atoms with Crippen molar-refractivity contribution < 1.29 is 8.42 Å². The fraction of sp³-hybridized carbons (Fsp3) is 0.500. The van der Waals surface area contributed by atoms with Crippen LogP contribution >= 0.6 is 12.2 Å². The second-order valence-electron chi connectivity index (χ2n) is 5.16. The second-order valence-corrected chi connectivity index (χ2v) is 7.49. The Hall–Kier alpha value is -0.980. The van der Waals surface area contributed by atoms with Crippen LogP contribution in [0.3, 0.4) is 0 Å². The van der Waals surface area contributed by atoms with Crippen molar-refractivity contribution in [3.05, 3.63) is 29.3 Å². The van der Waals surface area contributed by atoms with Crippen LogP contribution in [-0.4, -0.2) is 30.3 Å². The molecule has 2 N–H and O–H groups in total. The molecule has 1 aliphatic heterocycles. The average Bonchev–Trinajstić information content (AvgIpc) is 2.87. The third-order valence-electron chi connectivity index (χ3n) is 3.86. The molecule has 1 heterocycles. The van der Waals surface area contributed by atoms with Crippen LogP contribution < -0.4 is 5.73 Å². The lowest BCUT2D eigenvalue weighted by Crippen LogP contribution is -2.35. The number of thiocarbonyl (C=S) groups is 1. The molecule has 0 aromatic heterocycles. The highest BCUT2D eigenvalue weighted by Gasteiger charge is 2.34. The normalized spacial score (nSPS) is 20.2. The van der Waals surface area contributed by atoms with Gasteiger partial charge in [0, 0.05) is 18.2 Å². The Bertz CT molecular complexity index is 626. The van der Waals surface area contributed by atoms with Gasteiger partial charge in [0.25, 0.3) is 0 Å². The number of benzene rings is 1. The van der Waals surface area contributed by atoms with Crippen molar-refractivity contribution >= 4 is 27.2 Å². The molecule has 1 aliphatic rings. The van der Waals surface area contributed by atoms with Crippen molar-refractivity contribution in [2.45, 2.75) is 44.0 Å². The minimum absolute atomic E-state index is 0.121. The van der Waals surface area contributed by atoms with Crippen LogP contribution in [0.25, 0.3) is 0 Å². The lowest BCUT2D eigenvalue weighted by Gasteiger charge is -2.23. The summed E-state index contributed by atoms with van der Waals surface area (Å²) in [5, 5.41) is 0. The standard InChI is InChI=1S/C14H20N2O2S2/c1-3-11-5-4-8-16(11)20(17,18)12-6-7-13(14(15)19)10(2)9-12/h6-7,9,11H,3-5,8H2,1-2H3,(H2,15,19). The summed E-state index contributed by atoms with van der Waals surface area (Å²) in [7, 11) is -3.42. The van der Waals surface area contributed by atoms with Gasteiger partial charge in [0.15, 0.2) is 0 Å².